The van der Waals surface area contributed by atoms with Gasteiger partial charge in [-0.25, -0.2) is 0 Å². The fourth-order valence-electron chi connectivity index (χ4n) is 4.05. The fourth-order valence-corrected chi connectivity index (χ4v) is 7.25. The van der Waals surface area contributed by atoms with Crippen LogP contribution >= 0.6 is 34.3 Å². The molecule has 0 amide bonds. The number of fused-ring (bicyclic) bond motifs is 1. The normalized spacial score (nSPS) is 21.6. The molecule has 0 bridgehead atoms. The van der Waals surface area contributed by atoms with Gasteiger partial charge in [0, 0.05) is 14.5 Å². The highest BCUT2D eigenvalue weighted by molar-refractivity contribution is 7.28. The summed E-state index contributed by atoms with van der Waals surface area (Å²) < 4.78 is 2.82. The lowest BCUT2D eigenvalue weighted by molar-refractivity contribution is 0.321. The van der Waals surface area contributed by atoms with E-state index in [1.165, 1.54) is 89.8 Å². The number of hydrogen-bond acceptors (Lipinski definition) is 2. The third kappa shape index (κ3) is 4.37. The van der Waals surface area contributed by atoms with Crippen molar-refractivity contribution in [1.29, 1.82) is 0 Å². The van der Waals surface area contributed by atoms with Crippen LogP contribution in [0.25, 0.3) is 9.40 Å². The molecule has 0 saturated heterocycles. The van der Waals surface area contributed by atoms with E-state index in [1.54, 1.807) is 0 Å². The van der Waals surface area contributed by atoms with Gasteiger partial charge in [-0.3, -0.25) is 0 Å². The molecule has 0 unspecified atom stereocenters. The van der Waals surface area contributed by atoms with Crippen LogP contribution in [0.15, 0.2) is 6.07 Å². The summed E-state index contributed by atoms with van der Waals surface area (Å²) in [5, 5.41) is 1.09. The first-order chi connectivity index (χ1) is 11.7. The smallest absolute Gasteiger partial charge is 0.0726 e. The molecule has 2 heterocycles. The molecule has 0 aliphatic heterocycles. The number of hydrogen-bond donors (Lipinski definition) is 0. The Balaban J connectivity index is 1.61. The summed E-state index contributed by atoms with van der Waals surface area (Å²) in [5.41, 5.74) is 0. The minimum atomic E-state index is 0.724. The lowest BCUT2D eigenvalue weighted by Gasteiger charge is -2.27. The van der Waals surface area contributed by atoms with Crippen molar-refractivity contribution in [2.45, 2.75) is 90.4 Å². The quantitative estimate of drug-likeness (QED) is 0.400. The molecule has 1 aliphatic rings. The van der Waals surface area contributed by atoms with Crippen LogP contribution in [0.2, 0.25) is 5.02 Å². The molecular weight excluding hydrogens is 352 g/mol. The molecule has 0 aromatic carbocycles. The molecule has 0 nitrogen and oxygen atoms in total. The molecule has 1 aliphatic carbocycles. The second-order valence-corrected chi connectivity index (χ2v) is 10.1. The maximum Gasteiger partial charge on any atom is 0.0726 e. The second kappa shape index (κ2) is 9.05. The van der Waals surface area contributed by atoms with Gasteiger partial charge in [0.25, 0.3) is 0 Å². The van der Waals surface area contributed by atoms with Crippen molar-refractivity contribution in [1.82, 2.24) is 0 Å². The Bertz CT molecular complexity index is 632. The van der Waals surface area contributed by atoms with Crippen molar-refractivity contribution in [2.75, 3.05) is 0 Å². The number of unbranched alkanes of at least 4 members (excludes halogenated alkanes) is 4. The van der Waals surface area contributed by atoms with Crippen LogP contribution in [-0.2, 0) is 6.42 Å². The predicted molar refractivity (Wildman–Crippen MR) is 112 cm³/mol. The van der Waals surface area contributed by atoms with E-state index in [9.17, 15) is 0 Å². The van der Waals surface area contributed by atoms with Gasteiger partial charge in [-0.1, -0.05) is 57.6 Å². The van der Waals surface area contributed by atoms with Gasteiger partial charge in [0.05, 0.1) is 9.72 Å². The van der Waals surface area contributed by atoms with E-state index in [-0.39, 0.29) is 0 Å². The van der Waals surface area contributed by atoms with Gasteiger partial charge >= 0.3 is 0 Å². The number of thiophene rings is 2. The zero-order chi connectivity index (χ0) is 16.9. The third-order valence-electron chi connectivity index (χ3n) is 5.71. The van der Waals surface area contributed by atoms with Crippen LogP contribution in [0, 0.1) is 5.92 Å². The van der Waals surface area contributed by atoms with E-state index >= 15 is 0 Å². The Labute approximate surface area is 160 Å². The van der Waals surface area contributed by atoms with E-state index in [0.29, 0.717) is 0 Å². The van der Waals surface area contributed by atoms with Gasteiger partial charge in [0.15, 0.2) is 0 Å². The molecule has 3 heteroatoms. The van der Waals surface area contributed by atoms with E-state index in [4.69, 9.17) is 11.6 Å². The molecule has 0 N–H and O–H groups in total. The maximum absolute atomic E-state index is 6.80. The monoisotopic (exact) mass is 382 g/mol. The Morgan fingerprint density at radius 1 is 1.00 bits per heavy atom. The average Bonchev–Trinajstić information content (AvgIpc) is 3.14. The largest absolute Gasteiger partial charge is 0.138 e. The van der Waals surface area contributed by atoms with Crippen LogP contribution < -0.4 is 0 Å². The van der Waals surface area contributed by atoms with Crippen molar-refractivity contribution >= 4 is 43.7 Å². The fraction of sp³-hybridized carbons (Fsp3) is 0.714. The minimum Gasteiger partial charge on any atom is -0.138 e. The van der Waals surface area contributed by atoms with Gasteiger partial charge < -0.3 is 0 Å². The molecule has 0 atom stereocenters. The van der Waals surface area contributed by atoms with Crippen molar-refractivity contribution in [3.63, 3.8) is 0 Å². The number of halogens is 1. The van der Waals surface area contributed by atoms with Gasteiger partial charge in [0.2, 0.25) is 0 Å². The second-order valence-electron chi connectivity index (χ2n) is 7.48. The van der Waals surface area contributed by atoms with Crippen LogP contribution in [0.1, 0.15) is 93.7 Å². The predicted octanol–water partition coefficient (Wildman–Crippen LogP) is 8.81. The Morgan fingerprint density at radius 3 is 2.42 bits per heavy atom. The maximum atomic E-state index is 6.80. The molecule has 3 rings (SSSR count). The highest BCUT2D eigenvalue weighted by Gasteiger charge is 2.26. The summed E-state index contributed by atoms with van der Waals surface area (Å²) >= 11 is 10.7. The molecule has 0 radical (unpaired) electrons. The number of rotatable bonds is 8. The van der Waals surface area contributed by atoms with Gasteiger partial charge in [0.1, 0.15) is 0 Å². The molecule has 0 spiro atoms. The van der Waals surface area contributed by atoms with Gasteiger partial charge in [-0.2, -0.15) is 0 Å². The van der Waals surface area contributed by atoms with E-state index < -0.39 is 0 Å². The summed E-state index contributed by atoms with van der Waals surface area (Å²) in [4.78, 5) is 3.03. The van der Waals surface area contributed by atoms with Crippen molar-refractivity contribution < 1.29 is 0 Å². The van der Waals surface area contributed by atoms with Crippen molar-refractivity contribution in [3.05, 3.63) is 20.8 Å². The highest BCUT2D eigenvalue weighted by Crippen LogP contribution is 2.48. The van der Waals surface area contributed by atoms with Gasteiger partial charge in [-0.05, 0) is 56.4 Å². The summed E-state index contributed by atoms with van der Waals surface area (Å²) in [6.07, 6.45) is 14.9. The lowest BCUT2D eigenvalue weighted by atomic mass is 9.80. The zero-order valence-electron chi connectivity index (χ0n) is 15.2. The van der Waals surface area contributed by atoms with E-state index in [1.807, 2.05) is 22.7 Å². The lowest BCUT2D eigenvalue weighted by Crippen LogP contribution is -2.11. The first kappa shape index (κ1) is 18.7. The van der Waals surface area contributed by atoms with Crippen LogP contribution in [0.4, 0.5) is 0 Å². The molecule has 1 fully saturated rings. The topological polar surface area (TPSA) is 0 Å². The summed E-state index contributed by atoms with van der Waals surface area (Å²) in [7, 11) is 0. The number of aryl methyl sites for hydroxylation is 1. The van der Waals surface area contributed by atoms with Crippen LogP contribution in [0.5, 0.6) is 0 Å². The Morgan fingerprint density at radius 2 is 1.75 bits per heavy atom. The minimum absolute atomic E-state index is 0.724. The van der Waals surface area contributed by atoms with Crippen molar-refractivity contribution in [3.8, 4) is 0 Å². The van der Waals surface area contributed by atoms with Gasteiger partial charge in [-0.15, -0.1) is 22.7 Å². The Kier molecular flexibility index (Phi) is 7.07. The average molecular weight is 383 g/mol. The zero-order valence-corrected chi connectivity index (χ0v) is 17.6. The SMILES string of the molecule is CCCCCCCc1cc2sc(C3CCC(CC)CC3)c(Cl)c2s1. The summed E-state index contributed by atoms with van der Waals surface area (Å²) in [6, 6.07) is 2.43. The molecule has 2 aromatic rings. The summed E-state index contributed by atoms with van der Waals surface area (Å²) in [6.45, 7) is 4.62. The van der Waals surface area contributed by atoms with E-state index in [0.717, 1.165) is 16.9 Å². The van der Waals surface area contributed by atoms with Crippen LogP contribution in [-0.4, -0.2) is 0 Å². The Hall–Kier alpha value is -0.0500. The third-order valence-corrected chi connectivity index (χ3v) is 8.96. The molecule has 134 valence electrons. The summed E-state index contributed by atoms with van der Waals surface area (Å²) in [5.74, 6) is 1.68. The first-order valence-electron chi connectivity index (χ1n) is 9.93. The van der Waals surface area contributed by atoms with E-state index in [2.05, 4.69) is 19.9 Å². The molecule has 2 aromatic heterocycles. The molecule has 24 heavy (non-hydrogen) atoms. The standard InChI is InChI=1S/C21H31ClS2/c1-3-5-6-7-8-9-17-14-18-21(23-17)19(22)20(24-18)16-12-10-15(4-2)11-13-16/h14-16H,3-13H2,1-2H3. The highest BCUT2D eigenvalue weighted by atomic mass is 35.5. The van der Waals surface area contributed by atoms with Crippen molar-refractivity contribution in [2.24, 2.45) is 5.92 Å². The molecular formula is C21H31ClS2. The van der Waals surface area contributed by atoms with Crippen LogP contribution in [0.3, 0.4) is 0 Å². The first-order valence-corrected chi connectivity index (χ1v) is 11.9. The molecule has 1 saturated carbocycles.